The summed E-state index contributed by atoms with van der Waals surface area (Å²) in [7, 11) is 0. The molecule has 0 unspecified atom stereocenters. The molecule has 3 aromatic rings. The predicted molar refractivity (Wildman–Crippen MR) is 74.6 cm³/mol. The van der Waals surface area contributed by atoms with Crippen molar-refractivity contribution in [1.29, 1.82) is 0 Å². The molecule has 0 aliphatic heterocycles. The molecular weight excluding hydrogens is 292 g/mol. The second kappa shape index (κ2) is 4.82. The largest absolute Gasteiger partial charge is 0.488 e. The number of aromatic nitrogens is 2. The lowest BCUT2D eigenvalue weighted by Gasteiger charge is -2.08. The van der Waals surface area contributed by atoms with E-state index in [0.717, 1.165) is 26.7 Å². The van der Waals surface area contributed by atoms with Gasteiger partial charge >= 0.3 is 0 Å². The van der Waals surface area contributed by atoms with Gasteiger partial charge in [0.15, 0.2) is 0 Å². The smallest absolute Gasteiger partial charge is 0.134 e. The van der Waals surface area contributed by atoms with Gasteiger partial charge in [-0.15, -0.1) is 0 Å². The van der Waals surface area contributed by atoms with E-state index in [-0.39, 0.29) is 0 Å². The van der Waals surface area contributed by atoms with Gasteiger partial charge in [0.25, 0.3) is 0 Å². The van der Waals surface area contributed by atoms with Crippen LogP contribution in [0.25, 0.3) is 10.9 Å². The molecule has 0 atom stereocenters. The molecule has 0 radical (unpaired) electrons. The molecule has 0 bridgehead atoms. The third-order valence-electron chi connectivity index (χ3n) is 2.73. The number of rotatable bonds is 3. The van der Waals surface area contributed by atoms with Crippen molar-refractivity contribution in [2.24, 2.45) is 0 Å². The second-order valence-electron chi connectivity index (χ2n) is 4.01. The van der Waals surface area contributed by atoms with E-state index in [0.29, 0.717) is 6.61 Å². The lowest BCUT2D eigenvalue weighted by atomic mass is 10.2. The predicted octanol–water partition coefficient (Wildman–Crippen LogP) is 3.90. The minimum Gasteiger partial charge on any atom is -0.488 e. The SMILES string of the molecule is Brc1cc2[nH]ncc2cc1OCc1ccccc1. The molecule has 0 saturated heterocycles. The molecule has 0 saturated carbocycles. The average molecular weight is 303 g/mol. The molecule has 3 rings (SSSR count). The fraction of sp³-hybridized carbons (Fsp3) is 0.0714. The van der Waals surface area contributed by atoms with Crippen LogP contribution in [-0.4, -0.2) is 10.2 Å². The van der Waals surface area contributed by atoms with Gasteiger partial charge in [0.1, 0.15) is 12.4 Å². The van der Waals surface area contributed by atoms with Crippen LogP contribution in [0, 0.1) is 0 Å². The van der Waals surface area contributed by atoms with Gasteiger partial charge in [0.05, 0.1) is 16.2 Å². The Morgan fingerprint density at radius 1 is 1.17 bits per heavy atom. The summed E-state index contributed by atoms with van der Waals surface area (Å²) in [5, 5.41) is 7.97. The van der Waals surface area contributed by atoms with Gasteiger partial charge in [-0.2, -0.15) is 5.10 Å². The quantitative estimate of drug-likeness (QED) is 0.796. The monoisotopic (exact) mass is 302 g/mol. The Morgan fingerprint density at radius 3 is 2.83 bits per heavy atom. The molecule has 0 aliphatic carbocycles. The highest BCUT2D eigenvalue weighted by atomic mass is 79.9. The summed E-state index contributed by atoms with van der Waals surface area (Å²) < 4.78 is 6.74. The van der Waals surface area contributed by atoms with Gasteiger partial charge < -0.3 is 4.74 Å². The van der Waals surface area contributed by atoms with E-state index < -0.39 is 0 Å². The van der Waals surface area contributed by atoms with Gasteiger partial charge in [-0.25, -0.2) is 0 Å². The Morgan fingerprint density at radius 2 is 2.00 bits per heavy atom. The molecule has 0 spiro atoms. The number of H-pyrrole nitrogens is 1. The number of hydrogen-bond acceptors (Lipinski definition) is 2. The van der Waals surface area contributed by atoms with Crippen molar-refractivity contribution in [3.8, 4) is 5.75 Å². The maximum atomic E-state index is 5.81. The normalized spacial score (nSPS) is 10.7. The molecule has 4 heteroatoms. The number of hydrogen-bond donors (Lipinski definition) is 1. The van der Waals surface area contributed by atoms with E-state index in [1.54, 1.807) is 6.20 Å². The first kappa shape index (κ1) is 11.3. The molecule has 0 amide bonds. The summed E-state index contributed by atoms with van der Waals surface area (Å²) in [6, 6.07) is 14.1. The van der Waals surface area contributed by atoms with Crippen LogP contribution in [-0.2, 0) is 6.61 Å². The van der Waals surface area contributed by atoms with Crippen molar-refractivity contribution in [2.75, 3.05) is 0 Å². The van der Waals surface area contributed by atoms with Gasteiger partial charge in [0.2, 0.25) is 0 Å². The van der Waals surface area contributed by atoms with Crippen molar-refractivity contribution >= 4 is 26.8 Å². The van der Waals surface area contributed by atoms with Crippen LogP contribution in [0.2, 0.25) is 0 Å². The van der Waals surface area contributed by atoms with Crippen LogP contribution in [0.5, 0.6) is 5.75 Å². The highest BCUT2D eigenvalue weighted by molar-refractivity contribution is 9.10. The molecule has 0 fully saturated rings. The molecule has 18 heavy (non-hydrogen) atoms. The number of benzene rings is 2. The molecule has 1 heterocycles. The first-order valence-corrected chi connectivity index (χ1v) is 6.41. The summed E-state index contributed by atoms with van der Waals surface area (Å²) in [6.07, 6.45) is 1.79. The van der Waals surface area contributed by atoms with E-state index in [1.807, 2.05) is 42.5 Å². The van der Waals surface area contributed by atoms with E-state index in [2.05, 4.69) is 26.1 Å². The fourth-order valence-electron chi connectivity index (χ4n) is 1.79. The summed E-state index contributed by atoms with van der Waals surface area (Å²) in [6.45, 7) is 0.558. The standard InChI is InChI=1S/C14H11BrN2O/c15-12-7-13-11(8-16-17-13)6-14(12)18-9-10-4-2-1-3-5-10/h1-8H,9H2,(H,16,17). The topological polar surface area (TPSA) is 37.9 Å². The first-order valence-electron chi connectivity index (χ1n) is 5.62. The zero-order chi connectivity index (χ0) is 12.4. The van der Waals surface area contributed by atoms with Crippen molar-refractivity contribution in [3.63, 3.8) is 0 Å². The van der Waals surface area contributed by atoms with Crippen LogP contribution >= 0.6 is 15.9 Å². The van der Waals surface area contributed by atoms with Crippen molar-refractivity contribution in [3.05, 3.63) is 58.7 Å². The minimum absolute atomic E-state index is 0.558. The van der Waals surface area contributed by atoms with Crippen molar-refractivity contribution in [2.45, 2.75) is 6.61 Å². The molecular formula is C14H11BrN2O. The number of aromatic amines is 1. The third-order valence-corrected chi connectivity index (χ3v) is 3.35. The van der Waals surface area contributed by atoms with E-state index >= 15 is 0 Å². The molecule has 3 nitrogen and oxygen atoms in total. The average Bonchev–Trinajstić information content (AvgIpc) is 2.84. The Bertz CT molecular complexity index is 664. The Balaban J connectivity index is 1.84. The minimum atomic E-state index is 0.558. The number of ether oxygens (including phenoxy) is 1. The second-order valence-corrected chi connectivity index (χ2v) is 4.87. The number of halogens is 1. The first-order chi connectivity index (χ1) is 8.83. The number of nitrogens with zero attached hydrogens (tertiary/aromatic N) is 1. The lowest BCUT2D eigenvalue weighted by molar-refractivity contribution is 0.304. The van der Waals surface area contributed by atoms with E-state index in [4.69, 9.17) is 4.74 Å². The summed E-state index contributed by atoms with van der Waals surface area (Å²) >= 11 is 3.50. The van der Waals surface area contributed by atoms with Crippen LogP contribution in [0.15, 0.2) is 53.1 Å². The van der Waals surface area contributed by atoms with Crippen LogP contribution < -0.4 is 4.74 Å². The molecule has 1 aromatic heterocycles. The number of nitrogens with one attached hydrogen (secondary N) is 1. The van der Waals surface area contributed by atoms with Crippen LogP contribution in [0.3, 0.4) is 0 Å². The molecule has 1 N–H and O–H groups in total. The van der Waals surface area contributed by atoms with Gasteiger partial charge in [-0.3, -0.25) is 5.10 Å². The van der Waals surface area contributed by atoms with E-state index in [9.17, 15) is 0 Å². The van der Waals surface area contributed by atoms with E-state index in [1.165, 1.54) is 0 Å². The summed E-state index contributed by atoms with van der Waals surface area (Å²) in [5.41, 5.74) is 2.14. The summed E-state index contributed by atoms with van der Waals surface area (Å²) in [5.74, 6) is 0.827. The van der Waals surface area contributed by atoms with Crippen molar-refractivity contribution in [1.82, 2.24) is 10.2 Å². The molecule has 0 aliphatic rings. The fourth-order valence-corrected chi connectivity index (χ4v) is 2.25. The van der Waals surface area contributed by atoms with Gasteiger partial charge in [-0.05, 0) is 33.6 Å². The lowest BCUT2D eigenvalue weighted by Crippen LogP contribution is -1.95. The zero-order valence-corrected chi connectivity index (χ0v) is 11.1. The zero-order valence-electron chi connectivity index (χ0n) is 9.56. The third kappa shape index (κ3) is 2.24. The Hall–Kier alpha value is -1.81. The molecule has 90 valence electrons. The Labute approximate surface area is 113 Å². The highest BCUT2D eigenvalue weighted by Gasteiger charge is 2.05. The molecule has 2 aromatic carbocycles. The van der Waals surface area contributed by atoms with Gasteiger partial charge in [-0.1, -0.05) is 30.3 Å². The van der Waals surface area contributed by atoms with Gasteiger partial charge in [0, 0.05) is 5.39 Å². The summed E-state index contributed by atoms with van der Waals surface area (Å²) in [4.78, 5) is 0. The maximum absolute atomic E-state index is 5.81. The Kier molecular flexibility index (Phi) is 3.02. The maximum Gasteiger partial charge on any atom is 0.134 e. The van der Waals surface area contributed by atoms with Crippen molar-refractivity contribution < 1.29 is 4.74 Å². The van der Waals surface area contributed by atoms with Crippen LogP contribution in [0.4, 0.5) is 0 Å². The highest BCUT2D eigenvalue weighted by Crippen LogP contribution is 2.30. The van der Waals surface area contributed by atoms with Crippen LogP contribution in [0.1, 0.15) is 5.56 Å². The number of fused-ring (bicyclic) bond motifs is 1.